The fourth-order valence-electron chi connectivity index (χ4n) is 3.34. The summed E-state index contributed by atoms with van der Waals surface area (Å²) in [6, 6.07) is 0. The van der Waals surface area contributed by atoms with Gasteiger partial charge < -0.3 is 4.74 Å². The summed E-state index contributed by atoms with van der Waals surface area (Å²) in [6.07, 6.45) is 3.93. The van der Waals surface area contributed by atoms with Gasteiger partial charge >= 0.3 is 0 Å². The van der Waals surface area contributed by atoms with Gasteiger partial charge in [-0.1, -0.05) is 27.2 Å². The Labute approximate surface area is 75.5 Å². The summed E-state index contributed by atoms with van der Waals surface area (Å²) >= 11 is 0. The van der Waals surface area contributed by atoms with Crippen LogP contribution in [0.4, 0.5) is 0 Å². The fourth-order valence-corrected chi connectivity index (χ4v) is 3.34. The summed E-state index contributed by atoms with van der Waals surface area (Å²) in [5.74, 6) is 1.60. The van der Waals surface area contributed by atoms with Gasteiger partial charge in [0.05, 0.1) is 12.7 Å². The maximum Gasteiger partial charge on any atom is 0.0774 e. The molecule has 0 aromatic heterocycles. The van der Waals surface area contributed by atoms with Crippen molar-refractivity contribution in [3.63, 3.8) is 0 Å². The SMILES string of the molecule is [CH2]OC12CC(C)CCC1C2(C)C. The van der Waals surface area contributed by atoms with Crippen LogP contribution in [0.5, 0.6) is 0 Å². The molecule has 2 saturated carbocycles. The minimum atomic E-state index is 0.144. The molecule has 2 aliphatic carbocycles. The molecule has 1 heteroatoms. The zero-order valence-corrected chi connectivity index (χ0v) is 8.39. The van der Waals surface area contributed by atoms with E-state index < -0.39 is 0 Å². The molecule has 0 amide bonds. The van der Waals surface area contributed by atoms with E-state index in [0.717, 1.165) is 11.8 Å². The van der Waals surface area contributed by atoms with E-state index >= 15 is 0 Å². The summed E-state index contributed by atoms with van der Waals surface area (Å²) in [7, 11) is 3.65. The number of hydrogen-bond donors (Lipinski definition) is 0. The Balaban J connectivity index is 2.19. The first kappa shape index (κ1) is 8.55. The molecule has 0 N–H and O–H groups in total. The molecular formula is C11H19O. The van der Waals surface area contributed by atoms with Gasteiger partial charge in [0, 0.05) is 0 Å². The van der Waals surface area contributed by atoms with Crippen molar-refractivity contribution in [2.45, 2.75) is 45.6 Å². The molecule has 12 heavy (non-hydrogen) atoms. The van der Waals surface area contributed by atoms with Crippen molar-refractivity contribution in [1.82, 2.24) is 0 Å². The predicted molar refractivity (Wildman–Crippen MR) is 49.5 cm³/mol. The topological polar surface area (TPSA) is 9.23 Å². The Hall–Kier alpha value is -0.0400. The van der Waals surface area contributed by atoms with Gasteiger partial charge in [-0.05, 0) is 30.1 Å². The van der Waals surface area contributed by atoms with Gasteiger partial charge in [-0.2, -0.15) is 0 Å². The minimum absolute atomic E-state index is 0.144. The molecule has 0 saturated heterocycles. The van der Waals surface area contributed by atoms with Crippen molar-refractivity contribution in [1.29, 1.82) is 0 Å². The molecule has 0 heterocycles. The predicted octanol–water partition coefficient (Wildman–Crippen LogP) is 3.01. The van der Waals surface area contributed by atoms with E-state index in [0.29, 0.717) is 5.41 Å². The van der Waals surface area contributed by atoms with Gasteiger partial charge in [0.15, 0.2) is 0 Å². The van der Waals surface area contributed by atoms with Crippen LogP contribution >= 0.6 is 0 Å². The average molecular weight is 167 g/mol. The molecule has 3 unspecified atom stereocenters. The van der Waals surface area contributed by atoms with E-state index in [4.69, 9.17) is 4.74 Å². The second-order valence-electron chi connectivity index (χ2n) is 5.19. The monoisotopic (exact) mass is 167 g/mol. The quantitative estimate of drug-likeness (QED) is 0.583. The van der Waals surface area contributed by atoms with Crippen molar-refractivity contribution in [2.75, 3.05) is 0 Å². The first-order valence-electron chi connectivity index (χ1n) is 4.98. The van der Waals surface area contributed by atoms with Crippen LogP contribution in [-0.4, -0.2) is 5.60 Å². The lowest BCUT2D eigenvalue weighted by atomic mass is 9.88. The smallest absolute Gasteiger partial charge is 0.0774 e. The second kappa shape index (κ2) is 2.25. The molecule has 1 radical (unpaired) electrons. The zero-order valence-electron chi connectivity index (χ0n) is 8.39. The molecular weight excluding hydrogens is 148 g/mol. The molecule has 0 bridgehead atoms. The highest BCUT2D eigenvalue weighted by Crippen LogP contribution is 2.70. The Morgan fingerprint density at radius 1 is 1.33 bits per heavy atom. The van der Waals surface area contributed by atoms with Crippen molar-refractivity contribution < 1.29 is 4.74 Å². The standard InChI is InChI=1S/C11H19O/c1-8-5-6-9-10(2,3)11(9,7-8)12-4/h8-9H,4-7H2,1-3H3. The minimum Gasteiger partial charge on any atom is -0.372 e. The van der Waals surface area contributed by atoms with Crippen LogP contribution in [0, 0.1) is 24.4 Å². The third kappa shape index (κ3) is 0.783. The molecule has 69 valence electrons. The van der Waals surface area contributed by atoms with Crippen molar-refractivity contribution >= 4 is 0 Å². The number of hydrogen-bond acceptors (Lipinski definition) is 1. The first-order valence-corrected chi connectivity index (χ1v) is 4.98. The van der Waals surface area contributed by atoms with E-state index in [1.807, 2.05) is 0 Å². The highest BCUT2D eigenvalue weighted by molar-refractivity contribution is 5.22. The van der Waals surface area contributed by atoms with E-state index in [1.165, 1.54) is 19.3 Å². The van der Waals surface area contributed by atoms with Crippen molar-refractivity contribution in [3.05, 3.63) is 7.11 Å². The Kier molecular flexibility index (Phi) is 1.61. The molecule has 2 fully saturated rings. The summed E-state index contributed by atoms with van der Waals surface area (Å²) in [5, 5.41) is 0. The van der Waals surface area contributed by atoms with Crippen LogP contribution in [0.1, 0.15) is 40.0 Å². The van der Waals surface area contributed by atoms with Crippen LogP contribution in [0.25, 0.3) is 0 Å². The summed E-state index contributed by atoms with van der Waals surface area (Å²) < 4.78 is 5.49. The molecule has 0 spiro atoms. The summed E-state index contributed by atoms with van der Waals surface area (Å²) in [5.41, 5.74) is 0.532. The lowest BCUT2D eigenvalue weighted by Gasteiger charge is -2.26. The van der Waals surface area contributed by atoms with Crippen LogP contribution < -0.4 is 0 Å². The highest BCUT2D eigenvalue weighted by Gasteiger charge is 2.72. The molecule has 3 atom stereocenters. The number of rotatable bonds is 1. The zero-order chi connectivity index (χ0) is 8.98. The summed E-state index contributed by atoms with van der Waals surface area (Å²) in [6.45, 7) is 6.97. The van der Waals surface area contributed by atoms with Crippen molar-refractivity contribution in [2.24, 2.45) is 17.3 Å². The van der Waals surface area contributed by atoms with Crippen LogP contribution in [0.2, 0.25) is 0 Å². The summed E-state index contributed by atoms with van der Waals surface area (Å²) in [4.78, 5) is 0. The van der Waals surface area contributed by atoms with Gasteiger partial charge in [-0.3, -0.25) is 0 Å². The maximum absolute atomic E-state index is 5.49. The number of fused-ring (bicyclic) bond motifs is 1. The highest BCUT2D eigenvalue weighted by atomic mass is 16.5. The van der Waals surface area contributed by atoms with E-state index in [9.17, 15) is 0 Å². The molecule has 2 aliphatic rings. The Morgan fingerprint density at radius 2 is 2.00 bits per heavy atom. The lowest BCUT2D eigenvalue weighted by Crippen LogP contribution is -2.25. The molecule has 0 aromatic rings. The second-order valence-corrected chi connectivity index (χ2v) is 5.19. The third-order valence-electron chi connectivity index (χ3n) is 4.30. The molecule has 2 rings (SSSR count). The van der Waals surface area contributed by atoms with Crippen LogP contribution in [0.3, 0.4) is 0 Å². The van der Waals surface area contributed by atoms with Crippen LogP contribution in [-0.2, 0) is 4.74 Å². The Bertz CT molecular complexity index is 197. The largest absolute Gasteiger partial charge is 0.372 e. The maximum atomic E-state index is 5.49. The van der Waals surface area contributed by atoms with Crippen LogP contribution in [0.15, 0.2) is 0 Å². The fraction of sp³-hybridized carbons (Fsp3) is 0.909. The first-order chi connectivity index (χ1) is 5.54. The third-order valence-corrected chi connectivity index (χ3v) is 4.30. The number of ether oxygens (including phenoxy) is 1. The van der Waals surface area contributed by atoms with E-state index in [1.54, 1.807) is 0 Å². The molecule has 0 aliphatic heterocycles. The lowest BCUT2D eigenvalue weighted by molar-refractivity contribution is 0.0362. The van der Waals surface area contributed by atoms with Gasteiger partial charge in [-0.15, -0.1) is 0 Å². The average Bonchev–Trinajstić information content (AvgIpc) is 2.49. The molecule has 1 nitrogen and oxygen atoms in total. The van der Waals surface area contributed by atoms with E-state index in [2.05, 4.69) is 27.9 Å². The Morgan fingerprint density at radius 3 is 2.50 bits per heavy atom. The van der Waals surface area contributed by atoms with Crippen molar-refractivity contribution in [3.8, 4) is 0 Å². The normalized spacial score (nSPS) is 50.0. The van der Waals surface area contributed by atoms with E-state index in [-0.39, 0.29) is 5.60 Å². The van der Waals surface area contributed by atoms with Gasteiger partial charge in [0.1, 0.15) is 0 Å². The van der Waals surface area contributed by atoms with Gasteiger partial charge in [0.2, 0.25) is 0 Å². The van der Waals surface area contributed by atoms with Gasteiger partial charge in [0.25, 0.3) is 0 Å². The molecule has 0 aromatic carbocycles. The van der Waals surface area contributed by atoms with Gasteiger partial charge in [-0.25, -0.2) is 0 Å².